The van der Waals surface area contributed by atoms with Gasteiger partial charge in [-0.1, -0.05) is 42.5 Å². The van der Waals surface area contributed by atoms with E-state index in [1.807, 2.05) is 24.3 Å². The first-order chi connectivity index (χ1) is 11.7. The molecule has 24 heavy (non-hydrogen) atoms. The molecule has 2 aromatic carbocycles. The Labute approximate surface area is 141 Å². The number of amides is 1. The van der Waals surface area contributed by atoms with Crippen LogP contribution < -0.4 is 10.2 Å². The van der Waals surface area contributed by atoms with Crippen molar-refractivity contribution in [2.75, 3.05) is 24.5 Å². The van der Waals surface area contributed by atoms with Crippen LogP contribution in [0.2, 0.25) is 0 Å². The molecule has 0 radical (unpaired) electrons. The minimum absolute atomic E-state index is 0.0409. The third-order valence-electron chi connectivity index (χ3n) is 5.01. The predicted molar refractivity (Wildman–Crippen MR) is 93.5 cm³/mol. The Hall–Kier alpha value is -2.62. The summed E-state index contributed by atoms with van der Waals surface area (Å²) in [7, 11) is 0. The van der Waals surface area contributed by atoms with E-state index in [2.05, 4.69) is 34.5 Å². The molecule has 122 valence electrons. The highest BCUT2D eigenvalue weighted by molar-refractivity contribution is 6.06. The number of hydrogen-bond acceptors (Lipinski definition) is 3. The Morgan fingerprint density at radius 2 is 1.92 bits per heavy atom. The summed E-state index contributed by atoms with van der Waals surface area (Å²) in [6.45, 7) is 2.39. The van der Waals surface area contributed by atoms with Gasteiger partial charge in [0.15, 0.2) is 5.78 Å². The number of carbonyl (C=O) groups excluding carboxylic acids is 2. The summed E-state index contributed by atoms with van der Waals surface area (Å²) in [6, 6.07) is 15.9. The van der Waals surface area contributed by atoms with Crippen LogP contribution >= 0.6 is 0 Å². The van der Waals surface area contributed by atoms with Gasteiger partial charge < -0.3 is 10.2 Å². The number of benzene rings is 2. The minimum atomic E-state index is -0.334. The molecule has 1 N–H and O–H groups in total. The largest absolute Gasteiger partial charge is 0.369 e. The number of rotatable bonds is 4. The molecule has 1 heterocycles. The summed E-state index contributed by atoms with van der Waals surface area (Å²) in [4.78, 5) is 26.8. The molecule has 0 saturated heterocycles. The van der Waals surface area contributed by atoms with Gasteiger partial charge in [0.1, 0.15) is 0 Å². The van der Waals surface area contributed by atoms with Gasteiger partial charge in [-0.25, -0.2) is 0 Å². The van der Waals surface area contributed by atoms with Crippen molar-refractivity contribution in [3.8, 4) is 0 Å². The first-order valence-electron chi connectivity index (χ1n) is 8.47. The lowest BCUT2D eigenvalue weighted by molar-refractivity contribution is -0.122. The zero-order chi connectivity index (χ0) is 16.5. The molecule has 0 spiro atoms. The van der Waals surface area contributed by atoms with Gasteiger partial charge in [-0.15, -0.1) is 0 Å². The van der Waals surface area contributed by atoms with Gasteiger partial charge in [0.2, 0.25) is 5.91 Å². The molecule has 4 nitrogen and oxygen atoms in total. The molecule has 4 rings (SSSR count). The van der Waals surface area contributed by atoms with Gasteiger partial charge in [-0.3, -0.25) is 9.59 Å². The zero-order valence-corrected chi connectivity index (χ0v) is 13.5. The van der Waals surface area contributed by atoms with Crippen LogP contribution in [0.4, 0.5) is 5.69 Å². The predicted octanol–water partition coefficient (Wildman–Crippen LogP) is 2.54. The molecular weight excluding hydrogens is 300 g/mol. The Morgan fingerprint density at radius 3 is 2.83 bits per heavy atom. The molecule has 2 aliphatic rings. The van der Waals surface area contributed by atoms with Crippen molar-refractivity contribution >= 4 is 17.4 Å². The lowest BCUT2D eigenvalue weighted by Crippen LogP contribution is -2.36. The lowest BCUT2D eigenvalue weighted by atomic mass is 10.0. The lowest BCUT2D eigenvalue weighted by Gasteiger charge is -2.20. The number of para-hydroxylation sites is 1. The average Bonchev–Trinajstić information content (AvgIpc) is 3.17. The molecule has 0 bridgehead atoms. The second-order valence-electron chi connectivity index (χ2n) is 6.42. The molecule has 1 atom stereocenters. The van der Waals surface area contributed by atoms with E-state index in [0.717, 1.165) is 25.1 Å². The maximum atomic E-state index is 12.5. The topological polar surface area (TPSA) is 49.4 Å². The van der Waals surface area contributed by atoms with Crippen LogP contribution in [0.3, 0.4) is 0 Å². The highest BCUT2D eigenvalue weighted by atomic mass is 16.2. The summed E-state index contributed by atoms with van der Waals surface area (Å²) in [5, 5.41) is 3.01. The summed E-state index contributed by atoms with van der Waals surface area (Å²) >= 11 is 0. The Morgan fingerprint density at radius 1 is 1.12 bits per heavy atom. The zero-order valence-electron chi connectivity index (χ0n) is 13.5. The maximum absolute atomic E-state index is 12.5. The molecule has 4 heteroatoms. The fourth-order valence-electron chi connectivity index (χ4n) is 3.77. The second kappa shape index (κ2) is 6.11. The highest BCUT2D eigenvalue weighted by Crippen LogP contribution is 2.33. The maximum Gasteiger partial charge on any atom is 0.228 e. The minimum Gasteiger partial charge on any atom is -0.369 e. The van der Waals surface area contributed by atoms with Crippen LogP contribution in [-0.4, -0.2) is 31.3 Å². The fraction of sp³-hybridized carbons (Fsp3) is 0.300. The first kappa shape index (κ1) is 14.9. The SMILES string of the molecule is O=C1CC(C(=O)NCCN2CCc3ccccc32)c2ccccc21. The van der Waals surface area contributed by atoms with E-state index in [9.17, 15) is 9.59 Å². The van der Waals surface area contributed by atoms with E-state index in [0.29, 0.717) is 12.1 Å². The summed E-state index contributed by atoms with van der Waals surface area (Å²) in [5.74, 6) is -0.306. The number of carbonyl (C=O) groups is 2. The van der Waals surface area contributed by atoms with E-state index < -0.39 is 0 Å². The number of Topliss-reactive ketones (excluding diaryl/α,β-unsaturated/α-hetero) is 1. The second-order valence-corrected chi connectivity index (χ2v) is 6.42. The molecule has 1 amide bonds. The van der Waals surface area contributed by atoms with Gasteiger partial charge in [-0.2, -0.15) is 0 Å². The molecule has 2 aromatic rings. The average molecular weight is 320 g/mol. The molecule has 1 unspecified atom stereocenters. The molecule has 0 saturated carbocycles. The number of nitrogens with one attached hydrogen (secondary N) is 1. The van der Waals surface area contributed by atoms with Gasteiger partial charge in [0.05, 0.1) is 5.92 Å². The number of fused-ring (bicyclic) bond motifs is 2. The van der Waals surface area contributed by atoms with Gasteiger partial charge in [0, 0.05) is 37.3 Å². The molecule has 0 fully saturated rings. The smallest absolute Gasteiger partial charge is 0.228 e. The van der Waals surface area contributed by atoms with E-state index >= 15 is 0 Å². The van der Waals surface area contributed by atoms with Crippen molar-refractivity contribution in [1.29, 1.82) is 0 Å². The summed E-state index contributed by atoms with van der Waals surface area (Å²) < 4.78 is 0. The van der Waals surface area contributed by atoms with E-state index in [1.165, 1.54) is 11.3 Å². The summed E-state index contributed by atoms with van der Waals surface area (Å²) in [6.07, 6.45) is 1.35. The van der Waals surface area contributed by atoms with Crippen LogP contribution in [0.5, 0.6) is 0 Å². The molecular formula is C20H20N2O2. The third kappa shape index (κ3) is 2.58. The monoisotopic (exact) mass is 320 g/mol. The number of anilines is 1. The van der Waals surface area contributed by atoms with E-state index in [1.54, 1.807) is 0 Å². The van der Waals surface area contributed by atoms with Gasteiger partial charge in [0.25, 0.3) is 0 Å². The molecule has 1 aliphatic heterocycles. The number of nitrogens with zero attached hydrogens (tertiary/aromatic N) is 1. The molecule has 1 aliphatic carbocycles. The third-order valence-corrected chi connectivity index (χ3v) is 5.01. The number of hydrogen-bond donors (Lipinski definition) is 1. The highest BCUT2D eigenvalue weighted by Gasteiger charge is 2.33. The number of ketones is 1. The Bertz CT molecular complexity index is 800. The molecule has 0 aromatic heterocycles. The van der Waals surface area contributed by atoms with Gasteiger partial charge >= 0.3 is 0 Å². The van der Waals surface area contributed by atoms with Crippen LogP contribution in [0, 0.1) is 0 Å². The van der Waals surface area contributed by atoms with Crippen molar-refractivity contribution in [3.63, 3.8) is 0 Å². The van der Waals surface area contributed by atoms with Gasteiger partial charge in [-0.05, 0) is 23.6 Å². The first-order valence-corrected chi connectivity index (χ1v) is 8.47. The normalized spacial score (nSPS) is 18.4. The Kier molecular flexibility index (Phi) is 3.81. The van der Waals surface area contributed by atoms with Crippen LogP contribution in [0.25, 0.3) is 0 Å². The van der Waals surface area contributed by atoms with E-state index in [4.69, 9.17) is 0 Å². The fourth-order valence-corrected chi connectivity index (χ4v) is 3.77. The summed E-state index contributed by atoms with van der Waals surface area (Å²) in [5.41, 5.74) is 4.21. The van der Waals surface area contributed by atoms with Crippen molar-refractivity contribution in [2.24, 2.45) is 0 Å². The van der Waals surface area contributed by atoms with Crippen LogP contribution in [-0.2, 0) is 11.2 Å². The van der Waals surface area contributed by atoms with Crippen molar-refractivity contribution in [3.05, 3.63) is 65.2 Å². The van der Waals surface area contributed by atoms with Crippen molar-refractivity contribution < 1.29 is 9.59 Å². The Balaban J connectivity index is 1.36. The quantitative estimate of drug-likeness (QED) is 0.942. The van der Waals surface area contributed by atoms with Crippen molar-refractivity contribution in [2.45, 2.75) is 18.8 Å². The van der Waals surface area contributed by atoms with E-state index in [-0.39, 0.29) is 24.0 Å². The van der Waals surface area contributed by atoms with Crippen molar-refractivity contribution in [1.82, 2.24) is 5.32 Å². The standard InChI is InChI=1S/C20H20N2O2/c23-19-13-17(15-6-2-3-7-16(15)19)20(24)21-10-12-22-11-9-14-5-1-4-8-18(14)22/h1-8,17H,9-13H2,(H,21,24). The van der Waals surface area contributed by atoms with Crippen LogP contribution in [0.1, 0.15) is 33.8 Å². The van der Waals surface area contributed by atoms with Crippen LogP contribution in [0.15, 0.2) is 48.5 Å².